The summed E-state index contributed by atoms with van der Waals surface area (Å²) < 4.78 is 5.01. The van der Waals surface area contributed by atoms with Gasteiger partial charge in [-0.25, -0.2) is 4.98 Å². The molecule has 0 radical (unpaired) electrons. The molecule has 17 heavy (non-hydrogen) atoms. The molecule has 0 atom stereocenters. The van der Waals surface area contributed by atoms with Gasteiger partial charge in [-0.1, -0.05) is 5.16 Å². The van der Waals surface area contributed by atoms with Gasteiger partial charge in [0.25, 0.3) is 0 Å². The van der Waals surface area contributed by atoms with Crippen LogP contribution >= 0.6 is 0 Å². The fraction of sp³-hybridized carbons (Fsp3) is 0.455. The molecule has 1 rings (SSSR count). The Kier molecular flexibility index (Phi) is 4.71. The molecule has 0 fully saturated rings. The molecular weight excluding hydrogens is 220 g/mol. The first-order chi connectivity index (χ1) is 8.10. The average molecular weight is 238 g/mol. The Hall–Kier alpha value is -1.82. The van der Waals surface area contributed by atoms with Crippen molar-refractivity contribution in [3.8, 4) is 0 Å². The second-order valence-corrected chi connectivity index (χ2v) is 3.72. The molecule has 0 aliphatic rings. The van der Waals surface area contributed by atoms with Gasteiger partial charge in [-0.2, -0.15) is 0 Å². The lowest BCUT2D eigenvalue weighted by Crippen LogP contribution is -2.27. The van der Waals surface area contributed by atoms with Crippen LogP contribution < -0.4 is 10.6 Å². The zero-order valence-corrected chi connectivity index (χ0v) is 10.3. The van der Waals surface area contributed by atoms with Crippen molar-refractivity contribution in [3.63, 3.8) is 0 Å². The molecule has 3 N–H and O–H groups in total. The molecule has 0 unspecified atom stereocenters. The highest BCUT2D eigenvalue weighted by Gasteiger charge is 2.12. The number of oxime groups is 1. The normalized spacial score (nSPS) is 11.6. The third-order valence-corrected chi connectivity index (χ3v) is 2.39. The summed E-state index contributed by atoms with van der Waals surface area (Å²) in [7, 11) is 3.52. The predicted molar refractivity (Wildman–Crippen MR) is 66.6 cm³/mol. The maximum absolute atomic E-state index is 8.73. The fourth-order valence-corrected chi connectivity index (χ4v) is 1.42. The first-order valence-corrected chi connectivity index (χ1v) is 5.25. The van der Waals surface area contributed by atoms with Crippen LogP contribution in [0.2, 0.25) is 0 Å². The minimum Gasteiger partial charge on any atom is -0.409 e. The van der Waals surface area contributed by atoms with E-state index in [4.69, 9.17) is 15.7 Å². The van der Waals surface area contributed by atoms with E-state index < -0.39 is 0 Å². The number of methoxy groups -OCH3 is 1. The monoisotopic (exact) mass is 238 g/mol. The summed E-state index contributed by atoms with van der Waals surface area (Å²) in [6.45, 7) is 3.16. The Morgan fingerprint density at radius 1 is 1.59 bits per heavy atom. The number of hydrogen-bond acceptors (Lipinski definition) is 5. The van der Waals surface area contributed by atoms with Crippen LogP contribution in [0.15, 0.2) is 17.3 Å². The van der Waals surface area contributed by atoms with Crippen molar-refractivity contribution in [1.29, 1.82) is 0 Å². The van der Waals surface area contributed by atoms with Crippen LogP contribution in [0.25, 0.3) is 0 Å². The zero-order chi connectivity index (χ0) is 12.8. The Labute approximate surface area is 101 Å². The molecular formula is C11H18N4O2. The molecule has 1 aromatic rings. The summed E-state index contributed by atoms with van der Waals surface area (Å²) in [4.78, 5) is 6.30. The summed E-state index contributed by atoms with van der Waals surface area (Å²) in [6, 6.07) is 3.61. The van der Waals surface area contributed by atoms with Crippen molar-refractivity contribution in [2.24, 2.45) is 10.9 Å². The van der Waals surface area contributed by atoms with Gasteiger partial charge in [0.05, 0.1) is 12.2 Å². The van der Waals surface area contributed by atoms with Crippen LogP contribution in [0, 0.1) is 6.92 Å². The number of ether oxygens (including phenoxy) is 1. The van der Waals surface area contributed by atoms with Gasteiger partial charge in [-0.15, -0.1) is 0 Å². The lowest BCUT2D eigenvalue weighted by molar-refractivity contribution is 0.206. The predicted octanol–water partition coefficient (Wildman–Crippen LogP) is 0.567. The number of hydrogen-bond donors (Lipinski definition) is 2. The second kappa shape index (κ2) is 6.05. The van der Waals surface area contributed by atoms with Gasteiger partial charge in [-0.3, -0.25) is 0 Å². The lowest BCUT2D eigenvalue weighted by Gasteiger charge is -2.20. The van der Waals surface area contributed by atoms with Gasteiger partial charge in [0.2, 0.25) is 0 Å². The topological polar surface area (TPSA) is 84.0 Å². The van der Waals surface area contributed by atoms with E-state index >= 15 is 0 Å². The Morgan fingerprint density at radius 3 is 2.88 bits per heavy atom. The van der Waals surface area contributed by atoms with Gasteiger partial charge >= 0.3 is 0 Å². The molecule has 0 bridgehead atoms. The van der Waals surface area contributed by atoms with Crippen LogP contribution in [-0.2, 0) is 4.74 Å². The van der Waals surface area contributed by atoms with Gasteiger partial charge < -0.3 is 20.6 Å². The summed E-state index contributed by atoms with van der Waals surface area (Å²) in [5.74, 6) is 0.731. The molecule has 1 aromatic heterocycles. The smallest absolute Gasteiger partial charge is 0.173 e. The molecule has 0 amide bonds. The van der Waals surface area contributed by atoms with E-state index in [1.165, 1.54) is 0 Å². The maximum atomic E-state index is 8.73. The summed E-state index contributed by atoms with van der Waals surface area (Å²) in [5.41, 5.74) is 7.10. The van der Waals surface area contributed by atoms with Crippen LogP contribution in [-0.4, -0.2) is 43.3 Å². The van der Waals surface area contributed by atoms with E-state index in [2.05, 4.69) is 10.1 Å². The third kappa shape index (κ3) is 3.32. The molecule has 0 aliphatic carbocycles. The van der Waals surface area contributed by atoms with Gasteiger partial charge in [0.15, 0.2) is 5.84 Å². The maximum Gasteiger partial charge on any atom is 0.173 e. The summed E-state index contributed by atoms with van der Waals surface area (Å²) in [5, 5.41) is 11.7. The molecule has 6 nitrogen and oxygen atoms in total. The van der Waals surface area contributed by atoms with Crippen molar-refractivity contribution in [1.82, 2.24) is 4.98 Å². The summed E-state index contributed by atoms with van der Waals surface area (Å²) >= 11 is 0. The van der Waals surface area contributed by atoms with Gasteiger partial charge in [0.1, 0.15) is 5.82 Å². The molecule has 0 saturated heterocycles. The number of pyridine rings is 1. The van der Waals surface area contributed by atoms with Crippen molar-refractivity contribution in [2.45, 2.75) is 6.92 Å². The zero-order valence-electron chi connectivity index (χ0n) is 10.3. The van der Waals surface area contributed by atoms with Gasteiger partial charge in [-0.05, 0) is 19.1 Å². The van der Waals surface area contributed by atoms with Crippen molar-refractivity contribution >= 4 is 11.7 Å². The highest BCUT2D eigenvalue weighted by molar-refractivity contribution is 6.01. The van der Waals surface area contributed by atoms with Crippen molar-refractivity contribution < 1.29 is 9.94 Å². The van der Waals surface area contributed by atoms with Crippen molar-refractivity contribution in [3.05, 3.63) is 23.4 Å². The van der Waals surface area contributed by atoms with Crippen LogP contribution in [0.3, 0.4) is 0 Å². The van der Waals surface area contributed by atoms with E-state index in [-0.39, 0.29) is 5.84 Å². The largest absolute Gasteiger partial charge is 0.409 e. The molecule has 94 valence electrons. The Morgan fingerprint density at radius 2 is 2.29 bits per heavy atom. The molecule has 0 spiro atoms. The Bertz CT molecular complexity index is 406. The minimum absolute atomic E-state index is 0.0526. The average Bonchev–Trinajstić information content (AvgIpc) is 2.34. The molecule has 1 heterocycles. The number of nitrogens with zero attached hydrogens (tertiary/aromatic N) is 3. The van der Waals surface area contributed by atoms with Crippen LogP contribution in [0.5, 0.6) is 0 Å². The van der Waals surface area contributed by atoms with Crippen LogP contribution in [0.1, 0.15) is 11.3 Å². The Balaban J connectivity index is 3.06. The standard InChI is InChI=1S/C11H18N4O2/c1-8-4-5-9(10(12)14-16)11(13-8)15(2)6-7-17-3/h4-5,16H,6-7H2,1-3H3,(H2,12,14). The van der Waals surface area contributed by atoms with Crippen molar-refractivity contribution in [2.75, 3.05) is 32.2 Å². The van der Waals surface area contributed by atoms with E-state index in [1.807, 2.05) is 24.9 Å². The molecule has 0 saturated carbocycles. The number of aromatic nitrogens is 1. The van der Waals surface area contributed by atoms with Crippen LogP contribution in [0.4, 0.5) is 5.82 Å². The summed E-state index contributed by atoms with van der Waals surface area (Å²) in [6.07, 6.45) is 0. The minimum atomic E-state index is 0.0526. The SMILES string of the molecule is COCCN(C)c1nc(C)ccc1C(N)=NO. The molecule has 0 aromatic carbocycles. The number of aryl methyl sites for hydroxylation is 1. The first-order valence-electron chi connectivity index (χ1n) is 5.25. The van der Waals surface area contributed by atoms with Gasteiger partial charge in [0, 0.05) is 26.4 Å². The highest BCUT2D eigenvalue weighted by atomic mass is 16.5. The third-order valence-electron chi connectivity index (χ3n) is 2.39. The number of amidine groups is 1. The van der Waals surface area contributed by atoms with E-state index in [0.29, 0.717) is 24.5 Å². The second-order valence-electron chi connectivity index (χ2n) is 3.72. The number of likely N-dealkylation sites (N-methyl/N-ethyl adjacent to an activating group) is 1. The number of rotatable bonds is 5. The highest BCUT2D eigenvalue weighted by Crippen LogP contribution is 2.16. The van der Waals surface area contributed by atoms with E-state index in [0.717, 1.165) is 5.69 Å². The lowest BCUT2D eigenvalue weighted by atomic mass is 10.2. The molecule has 0 aliphatic heterocycles. The number of anilines is 1. The fourth-order valence-electron chi connectivity index (χ4n) is 1.42. The quantitative estimate of drug-likeness (QED) is 0.339. The molecule has 6 heteroatoms. The van der Waals surface area contributed by atoms with E-state index in [1.54, 1.807) is 13.2 Å². The van der Waals surface area contributed by atoms with E-state index in [9.17, 15) is 0 Å². The first kappa shape index (κ1) is 13.2. The number of nitrogens with two attached hydrogens (primary N) is 1.